The van der Waals surface area contributed by atoms with E-state index in [0.29, 0.717) is 23.5 Å². The molecule has 2 N–H and O–H groups in total. The highest BCUT2D eigenvalue weighted by molar-refractivity contribution is 7.47. The van der Waals surface area contributed by atoms with Crippen LogP contribution in [0, 0.1) is 0 Å². The van der Waals surface area contributed by atoms with E-state index in [4.69, 9.17) is 13.8 Å². The van der Waals surface area contributed by atoms with Gasteiger partial charge in [0.1, 0.15) is 24.6 Å². The summed E-state index contributed by atoms with van der Waals surface area (Å²) in [4.78, 5) is 25.1. The van der Waals surface area contributed by atoms with Crippen molar-refractivity contribution in [1.29, 1.82) is 0 Å². The van der Waals surface area contributed by atoms with Crippen LogP contribution in [0.3, 0.4) is 0 Å². The maximum Gasteiger partial charge on any atom is 0.472 e. The number of benzene rings is 1. The quantitative estimate of drug-likeness (QED) is 0.526. The van der Waals surface area contributed by atoms with E-state index in [0.717, 1.165) is 18.5 Å². The summed E-state index contributed by atoms with van der Waals surface area (Å²) in [5.41, 5.74) is 2.21. The summed E-state index contributed by atoms with van der Waals surface area (Å²) in [6.45, 7) is 3.39. The van der Waals surface area contributed by atoms with Crippen molar-refractivity contribution in [2.45, 2.75) is 44.4 Å². The van der Waals surface area contributed by atoms with Crippen molar-refractivity contribution in [3.8, 4) is 0 Å². The summed E-state index contributed by atoms with van der Waals surface area (Å²) >= 11 is 0. The summed E-state index contributed by atoms with van der Waals surface area (Å²) in [6, 6.07) is 10.1. The van der Waals surface area contributed by atoms with Gasteiger partial charge in [-0.2, -0.15) is 0 Å². The van der Waals surface area contributed by atoms with Crippen LogP contribution in [0.5, 0.6) is 0 Å². The molecule has 2 saturated heterocycles. The number of anilines is 1. The summed E-state index contributed by atoms with van der Waals surface area (Å²) in [5.74, 6) is 0.684. The number of nitrogens with zero attached hydrogens (tertiary/aromatic N) is 5. The fraction of sp³-hybridized carbons (Fsp3) is 0.450. The highest BCUT2D eigenvalue weighted by atomic mass is 31.2. The van der Waals surface area contributed by atoms with Crippen molar-refractivity contribution in [2.75, 3.05) is 18.1 Å². The number of fused-ring (bicyclic) bond motifs is 2. The maximum absolute atomic E-state index is 11.8. The molecule has 11 nitrogen and oxygen atoms in total. The number of aliphatic hydroxyl groups excluding tert-OH is 1. The highest BCUT2D eigenvalue weighted by Crippen LogP contribution is 2.52. The molecule has 1 aromatic carbocycles. The number of hydrogen-bond donors (Lipinski definition) is 2. The normalized spacial score (nSPS) is 29.8. The van der Waals surface area contributed by atoms with Crippen LogP contribution in [0.15, 0.2) is 43.0 Å². The lowest BCUT2D eigenvalue weighted by Crippen LogP contribution is -2.39. The molecule has 2 aliphatic heterocycles. The predicted octanol–water partition coefficient (Wildman–Crippen LogP) is 2.02. The van der Waals surface area contributed by atoms with Gasteiger partial charge in [-0.15, -0.1) is 0 Å². The molecule has 0 radical (unpaired) electrons. The summed E-state index contributed by atoms with van der Waals surface area (Å²) in [7, 11) is -4.20. The highest BCUT2D eigenvalue weighted by Gasteiger charge is 2.52. The first kappa shape index (κ1) is 21.4. The number of aromatic nitrogens is 4. The lowest BCUT2D eigenvalue weighted by atomic mass is 10.1. The van der Waals surface area contributed by atoms with Gasteiger partial charge in [0, 0.05) is 13.1 Å². The Morgan fingerprint density at radius 3 is 2.84 bits per heavy atom. The van der Waals surface area contributed by atoms with Crippen molar-refractivity contribution >= 4 is 24.8 Å². The van der Waals surface area contributed by atoms with E-state index in [1.807, 2.05) is 18.2 Å². The fourth-order valence-electron chi connectivity index (χ4n) is 4.16. The van der Waals surface area contributed by atoms with E-state index in [1.165, 1.54) is 12.7 Å². The summed E-state index contributed by atoms with van der Waals surface area (Å²) in [6.07, 6.45) is 0.144. The van der Waals surface area contributed by atoms with Crippen LogP contribution < -0.4 is 4.90 Å². The third-order valence-corrected chi connectivity index (χ3v) is 6.57. The first-order valence-electron chi connectivity index (χ1n) is 10.4. The number of ether oxygens (including phenoxy) is 1. The first-order chi connectivity index (χ1) is 15.5. The Bertz CT molecular complexity index is 1140. The minimum Gasteiger partial charge on any atom is -0.386 e. The van der Waals surface area contributed by atoms with Crippen molar-refractivity contribution in [2.24, 2.45) is 0 Å². The molecule has 5 atom stereocenters. The number of hydrogen-bond acceptors (Lipinski definition) is 9. The number of phosphoric acid groups is 1. The molecule has 0 saturated carbocycles. The zero-order valence-corrected chi connectivity index (χ0v) is 18.3. The Balaban J connectivity index is 1.47. The van der Waals surface area contributed by atoms with Crippen molar-refractivity contribution in [3.63, 3.8) is 0 Å². The Morgan fingerprint density at radius 2 is 2.06 bits per heavy atom. The average molecular weight is 461 g/mol. The van der Waals surface area contributed by atoms with E-state index in [9.17, 15) is 14.6 Å². The minimum absolute atomic E-state index is 0.153. The molecule has 0 bridgehead atoms. The Labute approximate surface area is 184 Å². The second kappa shape index (κ2) is 8.51. The Hall–Kier alpha value is -2.40. The zero-order valence-electron chi connectivity index (χ0n) is 17.4. The first-order valence-corrected chi connectivity index (χ1v) is 11.9. The second-order valence-corrected chi connectivity index (χ2v) is 9.22. The largest absolute Gasteiger partial charge is 0.472 e. The van der Waals surface area contributed by atoms with Gasteiger partial charge in [-0.3, -0.25) is 13.6 Å². The van der Waals surface area contributed by atoms with Crippen LogP contribution in [0.25, 0.3) is 11.2 Å². The summed E-state index contributed by atoms with van der Waals surface area (Å²) in [5, 5.41) is 10.8. The molecular formula is C20H24N5O6P. The summed E-state index contributed by atoms with van der Waals surface area (Å²) < 4.78 is 29.1. The predicted molar refractivity (Wildman–Crippen MR) is 114 cm³/mol. The van der Waals surface area contributed by atoms with Gasteiger partial charge in [-0.25, -0.2) is 19.5 Å². The van der Waals surface area contributed by atoms with Gasteiger partial charge in [-0.05, 0) is 12.0 Å². The number of phosphoric ester groups is 1. The lowest BCUT2D eigenvalue weighted by Gasteiger charge is -2.27. The third-order valence-electron chi connectivity index (χ3n) is 5.59. The monoisotopic (exact) mass is 461 g/mol. The van der Waals surface area contributed by atoms with Gasteiger partial charge in [0.15, 0.2) is 23.2 Å². The van der Waals surface area contributed by atoms with E-state index < -0.39 is 32.4 Å². The molecule has 0 amide bonds. The molecule has 4 heterocycles. The molecule has 3 aromatic rings. The number of rotatable bonds is 6. The van der Waals surface area contributed by atoms with E-state index in [2.05, 4.69) is 38.9 Å². The van der Waals surface area contributed by atoms with Gasteiger partial charge >= 0.3 is 7.82 Å². The van der Waals surface area contributed by atoms with Crippen LogP contribution in [0.4, 0.5) is 5.82 Å². The second-order valence-electron chi connectivity index (χ2n) is 7.82. The topological polar surface area (TPSA) is 132 Å². The number of aliphatic hydroxyl groups is 1. The molecule has 1 unspecified atom stereocenters. The van der Waals surface area contributed by atoms with Gasteiger partial charge < -0.3 is 19.6 Å². The molecular weight excluding hydrogens is 437 g/mol. The minimum atomic E-state index is -4.20. The molecule has 170 valence electrons. The molecule has 0 spiro atoms. The molecule has 2 fully saturated rings. The van der Waals surface area contributed by atoms with Crippen molar-refractivity contribution in [3.05, 3.63) is 48.5 Å². The standard InChI is InChI=1S/C20H24N5O6P/c1-2-8-24(9-13-6-4-3-5-7-13)18-15-19(22-11-21-18)25(12-23-15)20-16(26)17-14(30-20)10-29-32(27,28)31-17/h3-7,11-12,14,16-17,20,26H,2,8-10H2,1H3,(H,27,28)/t14-,16-,17-,20-/m1/s1. The Kier molecular flexibility index (Phi) is 5.70. The van der Waals surface area contributed by atoms with Crippen LogP contribution in [0.2, 0.25) is 0 Å². The van der Waals surface area contributed by atoms with Gasteiger partial charge in [0.05, 0.1) is 12.9 Å². The van der Waals surface area contributed by atoms with Crippen LogP contribution >= 0.6 is 7.82 Å². The van der Waals surface area contributed by atoms with Gasteiger partial charge in [0.2, 0.25) is 0 Å². The molecule has 5 rings (SSSR count). The third kappa shape index (κ3) is 3.92. The van der Waals surface area contributed by atoms with Crippen LogP contribution in [-0.2, 0) is 24.9 Å². The van der Waals surface area contributed by atoms with Crippen molar-refractivity contribution < 1.29 is 28.3 Å². The van der Waals surface area contributed by atoms with E-state index in [1.54, 1.807) is 4.57 Å². The molecule has 32 heavy (non-hydrogen) atoms. The molecule has 2 aromatic heterocycles. The van der Waals surface area contributed by atoms with Crippen LogP contribution in [-0.4, -0.2) is 61.0 Å². The molecule has 12 heteroatoms. The van der Waals surface area contributed by atoms with E-state index in [-0.39, 0.29) is 6.61 Å². The van der Waals surface area contributed by atoms with Crippen molar-refractivity contribution in [1.82, 2.24) is 19.5 Å². The SMILES string of the molecule is CCCN(Cc1ccccc1)c1ncnc2c1ncn2[C@@H]1O[C@@H]2COP(=O)(O)O[C@H]2[C@H]1O. The van der Waals surface area contributed by atoms with E-state index >= 15 is 0 Å². The molecule has 2 aliphatic rings. The van der Waals surface area contributed by atoms with Gasteiger partial charge in [-0.1, -0.05) is 37.3 Å². The lowest BCUT2D eigenvalue weighted by molar-refractivity contribution is -0.0664. The number of imidazole rings is 1. The van der Waals surface area contributed by atoms with Gasteiger partial charge in [0.25, 0.3) is 0 Å². The fourth-order valence-corrected chi connectivity index (χ4v) is 5.12. The van der Waals surface area contributed by atoms with Crippen LogP contribution in [0.1, 0.15) is 25.1 Å². The maximum atomic E-state index is 11.8. The zero-order chi connectivity index (χ0) is 22.3. The Morgan fingerprint density at radius 1 is 1.25 bits per heavy atom. The smallest absolute Gasteiger partial charge is 0.386 e. The molecule has 0 aliphatic carbocycles. The average Bonchev–Trinajstić information content (AvgIpc) is 3.34.